The summed E-state index contributed by atoms with van der Waals surface area (Å²) in [7, 11) is 0. The van der Waals surface area contributed by atoms with Crippen LogP contribution >= 0.6 is 11.3 Å². The number of thiazole rings is 1. The van der Waals surface area contributed by atoms with Crippen molar-refractivity contribution < 1.29 is 19.4 Å². The molecule has 1 aromatic heterocycles. The summed E-state index contributed by atoms with van der Waals surface area (Å²) in [6, 6.07) is 15.2. The number of unbranched alkanes of at least 4 members (excludes halogenated alkanes) is 1. The van der Waals surface area contributed by atoms with Crippen LogP contribution < -0.4 is 9.64 Å². The minimum absolute atomic E-state index is 0.0390. The van der Waals surface area contributed by atoms with Crippen molar-refractivity contribution in [3.63, 3.8) is 0 Å². The van der Waals surface area contributed by atoms with E-state index in [0.717, 1.165) is 12.8 Å². The van der Waals surface area contributed by atoms with E-state index in [4.69, 9.17) is 4.74 Å². The highest BCUT2D eigenvalue weighted by Crippen LogP contribution is 2.43. The molecule has 6 nitrogen and oxygen atoms in total. The van der Waals surface area contributed by atoms with Gasteiger partial charge >= 0.3 is 5.91 Å². The Bertz CT molecular complexity index is 1110. The molecule has 0 radical (unpaired) electrons. The average molecular weight is 435 g/mol. The standard InChI is InChI=1S/C24H22N2O4S/c1-2-3-13-30-18-11-7-10-17(15-18)20-19(21(27)16-8-5-4-6-9-16)22(28)23(29)26(20)24-25-12-14-31-24/h4-12,14-15,20,27H,2-3,13H2,1H3. The van der Waals surface area contributed by atoms with Gasteiger partial charge in [0, 0.05) is 17.1 Å². The molecule has 2 heterocycles. The van der Waals surface area contributed by atoms with Crippen LogP contribution in [0.15, 0.2) is 71.7 Å². The van der Waals surface area contributed by atoms with Crippen LogP contribution in [0.3, 0.4) is 0 Å². The van der Waals surface area contributed by atoms with E-state index in [-0.39, 0.29) is 11.3 Å². The molecule has 31 heavy (non-hydrogen) atoms. The molecule has 0 bridgehead atoms. The van der Waals surface area contributed by atoms with E-state index in [1.54, 1.807) is 35.8 Å². The molecule has 158 valence electrons. The molecular formula is C24H22N2O4S. The summed E-state index contributed by atoms with van der Waals surface area (Å²) in [5, 5.41) is 13.2. The molecule has 3 aromatic rings. The van der Waals surface area contributed by atoms with Crippen LogP contribution in [-0.4, -0.2) is 28.4 Å². The van der Waals surface area contributed by atoms with Gasteiger partial charge in [-0.1, -0.05) is 55.8 Å². The number of aliphatic hydroxyl groups excluding tert-OH is 1. The van der Waals surface area contributed by atoms with Gasteiger partial charge in [-0.2, -0.15) is 0 Å². The normalized spacial score (nSPS) is 17.8. The molecule has 0 spiro atoms. The summed E-state index contributed by atoms with van der Waals surface area (Å²) in [5.74, 6) is -1.01. The molecule has 1 atom stereocenters. The second-order valence-corrected chi connectivity index (χ2v) is 8.00. The Balaban J connectivity index is 1.84. The van der Waals surface area contributed by atoms with Crippen molar-refractivity contribution in [3.05, 3.63) is 82.9 Å². The molecule has 1 N–H and O–H groups in total. The van der Waals surface area contributed by atoms with Gasteiger partial charge in [0.25, 0.3) is 5.78 Å². The lowest BCUT2D eigenvalue weighted by Gasteiger charge is -2.23. The summed E-state index contributed by atoms with van der Waals surface area (Å²) in [6.45, 7) is 2.67. The van der Waals surface area contributed by atoms with E-state index < -0.39 is 17.7 Å². The zero-order valence-electron chi connectivity index (χ0n) is 17.0. The Morgan fingerprint density at radius 3 is 2.68 bits per heavy atom. The van der Waals surface area contributed by atoms with Crippen LogP contribution in [0.4, 0.5) is 5.13 Å². The lowest BCUT2D eigenvalue weighted by molar-refractivity contribution is -0.132. The number of ether oxygens (including phenoxy) is 1. The zero-order valence-corrected chi connectivity index (χ0v) is 17.8. The van der Waals surface area contributed by atoms with Crippen molar-refractivity contribution in [2.75, 3.05) is 11.5 Å². The number of benzene rings is 2. The predicted octanol–water partition coefficient (Wildman–Crippen LogP) is 4.95. The van der Waals surface area contributed by atoms with Gasteiger partial charge in [0.05, 0.1) is 18.2 Å². The number of rotatable bonds is 7. The summed E-state index contributed by atoms with van der Waals surface area (Å²) >= 11 is 1.26. The highest BCUT2D eigenvalue weighted by Gasteiger charge is 2.48. The quantitative estimate of drug-likeness (QED) is 0.246. The number of ketones is 1. The van der Waals surface area contributed by atoms with Crippen molar-refractivity contribution in [2.24, 2.45) is 0 Å². The maximum atomic E-state index is 13.0. The van der Waals surface area contributed by atoms with Gasteiger partial charge in [-0.3, -0.25) is 14.5 Å². The molecule has 1 saturated heterocycles. The maximum absolute atomic E-state index is 13.0. The number of aliphatic hydroxyl groups is 1. The Hall–Kier alpha value is -3.45. The number of amides is 1. The topological polar surface area (TPSA) is 79.7 Å². The van der Waals surface area contributed by atoms with Crippen LogP contribution in [0.5, 0.6) is 5.75 Å². The van der Waals surface area contributed by atoms with Gasteiger partial charge in [0.15, 0.2) is 5.13 Å². The summed E-state index contributed by atoms with van der Waals surface area (Å²) in [4.78, 5) is 31.6. The van der Waals surface area contributed by atoms with E-state index in [1.807, 2.05) is 30.3 Å². The third-order valence-electron chi connectivity index (χ3n) is 5.06. The van der Waals surface area contributed by atoms with E-state index in [1.165, 1.54) is 16.2 Å². The highest BCUT2D eigenvalue weighted by molar-refractivity contribution is 7.14. The first-order valence-corrected chi connectivity index (χ1v) is 11.0. The maximum Gasteiger partial charge on any atom is 0.301 e. The minimum atomic E-state index is -0.805. The first kappa shape index (κ1) is 20.8. The van der Waals surface area contributed by atoms with Gasteiger partial charge in [-0.25, -0.2) is 4.98 Å². The van der Waals surface area contributed by atoms with Crippen molar-refractivity contribution in [1.82, 2.24) is 4.98 Å². The molecule has 1 unspecified atom stereocenters. The highest BCUT2D eigenvalue weighted by atomic mass is 32.1. The first-order valence-electron chi connectivity index (χ1n) is 10.1. The third kappa shape index (κ3) is 4.09. The number of carbonyl (C=O) groups is 2. The van der Waals surface area contributed by atoms with Gasteiger partial charge in [-0.15, -0.1) is 11.3 Å². The van der Waals surface area contributed by atoms with Crippen molar-refractivity contribution in [1.29, 1.82) is 0 Å². The molecule has 1 amide bonds. The van der Waals surface area contributed by atoms with Crippen LogP contribution in [-0.2, 0) is 9.59 Å². The van der Waals surface area contributed by atoms with Crippen LogP contribution in [0.2, 0.25) is 0 Å². The number of hydrogen-bond donors (Lipinski definition) is 1. The molecule has 0 saturated carbocycles. The van der Waals surface area contributed by atoms with Gasteiger partial charge in [-0.05, 0) is 24.1 Å². The summed E-state index contributed by atoms with van der Waals surface area (Å²) in [5.41, 5.74) is 1.18. The SMILES string of the molecule is CCCCOc1cccc(C2C(=C(O)c3ccccc3)C(=O)C(=O)N2c2nccs2)c1. The van der Waals surface area contributed by atoms with Crippen molar-refractivity contribution in [2.45, 2.75) is 25.8 Å². The second-order valence-electron chi connectivity index (χ2n) is 7.12. The number of hydrogen-bond acceptors (Lipinski definition) is 6. The van der Waals surface area contributed by atoms with Crippen molar-refractivity contribution >= 4 is 33.9 Å². The van der Waals surface area contributed by atoms with Crippen molar-refractivity contribution in [3.8, 4) is 5.75 Å². The molecular weight excluding hydrogens is 412 g/mol. The smallest absolute Gasteiger partial charge is 0.301 e. The monoisotopic (exact) mass is 434 g/mol. The number of carbonyl (C=O) groups excluding carboxylic acids is 2. The molecule has 1 aliphatic rings. The number of nitrogens with zero attached hydrogens (tertiary/aromatic N) is 2. The van der Waals surface area contributed by atoms with Gasteiger partial charge < -0.3 is 9.84 Å². The summed E-state index contributed by atoms with van der Waals surface area (Å²) < 4.78 is 5.83. The largest absolute Gasteiger partial charge is 0.507 e. The fraction of sp³-hybridized carbons (Fsp3) is 0.208. The molecule has 1 aliphatic heterocycles. The number of Topliss-reactive ketones (excluding diaryl/α,β-unsaturated/α-hetero) is 1. The van der Waals surface area contributed by atoms with Crippen LogP contribution in [0, 0.1) is 0 Å². The number of anilines is 1. The molecule has 1 fully saturated rings. The Kier molecular flexibility index (Phi) is 6.13. The second kappa shape index (κ2) is 9.14. The van der Waals surface area contributed by atoms with E-state index in [0.29, 0.717) is 28.6 Å². The fourth-order valence-corrected chi connectivity index (χ4v) is 4.21. The van der Waals surface area contributed by atoms with Gasteiger partial charge in [0.1, 0.15) is 11.5 Å². The zero-order chi connectivity index (χ0) is 21.8. The third-order valence-corrected chi connectivity index (χ3v) is 5.83. The van der Waals surface area contributed by atoms with Crippen LogP contribution in [0.25, 0.3) is 5.76 Å². The Morgan fingerprint density at radius 2 is 1.97 bits per heavy atom. The van der Waals surface area contributed by atoms with E-state index >= 15 is 0 Å². The Labute approximate surface area is 184 Å². The lowest BCUT2D eigenvalue weighted by atomic mass is 9.95. The number of aromatic nitrogens is 1. The van der Waals surface area contributed by atoms with Crippen LogP contribution in [0.1, 0.15) is 36.9 Å². The Morgan fingerprint density at radius 1 is 1.16 bits per heavy atom. The predicted molar refractivity (Wildman–Crippen MR) is 120 cm³/mol. The van der Waals surface area contributed by atoms with E-state index in [9.17, 15) is 14.7 Å². The molecule has 4 rings (SSSR count). The summed E-state index contributed by atoms with van der Waals surface area (Å²) in [6.07, 6.45) is 3.52. The van der Waals surface area contributed by atoms with Gasteiger partial charge in [0.2, 0.25) is 0 Å². The fourth-order valence-electron chi connectivity index (χ4n) is 3.54. The minimum Gasteiger partial charge on any atom is -0.507 e. The lowest BCUT2D eigenvalue weighted by Crippen LogP contribution is -2.29. The molecule has 2 aromatic carbocycles. The van der Waals surface area contributed by atoms with E-state index in [2.05, 4.69) is 11.9 Å². The first-order chi connectivity index (χ1) is 15.1. The molecule has 7 heteroatoms. The average Bonchev–Trinajstić information content (AvgIpc) is 3.41. The molecule has 0 aliphatic carbocycles.